The van der Waals surface area contributed by atoms with Crippen LogP contribution in [0.15, 0.2) is 35.2 Å². The molecular weight excluding hydrogens is 414 g/mol. The molecule has 6 N–H and O–H groups in total. The quantitative estimate of drug-likeness (QED) is 0.343. The number of hydrogen-bond acceptors (Lipinski definition) is 9. The van der Waals surface area contributed by atoms with Gasteiger partial charge in [0.2, 0.25) is 5.89 Å². The van der Waals surface area contributed by atoms with Crippen LogP contribution in [0.1, 0.15) is 48.1 Å². The average Bonchev–Trinajstić information content (AvgIpc) is 3.41. The van der Waals surface area contributed by atoms with Crippen molar-refractivity contribution in [3.05, 3.63) is 42.2 Å². The van der Waals surface area contributed by atoms with Crippen LogP contribution >= 0.6 is 0 Å². The van der Waals surface area contributed by atoms with Gasteiger partial charge in [0, 0.05) is 31.5 Å². The van der Waals surface area contributed by atoms with Gasteiger partial charge in [0.25, 0.3) is 5.91 Å². The van der Waals surface area contributed by atoms with Crippen LogP contribution in [-0.2, 0) is 7.05 Å². The summed E-state index contributed by atoms with van der Waals surface area (Å²) in [6.07, 6.45) is 6.63. The number of aromatic nitrogens is 4. The van der Waals surface area contributed by atoms with E-state index in [4.69, 9.17) is 10.2 Å². The molecule has 0 bridgehead atoms. The minimum absolute atomic E-state index is 0.0772. The summed E-state index contributed by atoms with van der Waals surface area (Å²) in [7, 11) is 1.66. The summed E-state index contributed by atoms with van der Waals surface area (Å²) in [6, 6.07) is 3.56. The number of anilines is 2. The molecule has 170 valence electrons. The monoisotopic (exact) mass is 441 g/mol. The topological polar surface area (TPSA) is 164 Å². The number of nitrogens with two attached hydrogens (primary N) is 1. The van der Waals surface area contributed by atoms with Gasteiger partial charge < -0.3 is 31.0 Å². The number of amides is 1. The third kappa shape index (κ3) is 5.13. The van der Waals surface area contributed by atoms with Crippen LogP contribution in [0.3, 0.4) is 0 Å². The fourth-order valence-corrected chi connectivity index (χ4v) is 3.78. The lowest BCUT2D eigenvalue weighted by Crippen LogP contribution is -2.23. The third-order valence-electron chi connectivity index (χ3n) is 5.52. The predicted molar refractivity (Wildman–Crippen MR) is 116 cm³/mol. The molecular formula is C21H27N7O4. The van der Waals surface area contributed by atoms with Crippen molar-refractivity contribution in [3.63, 3.8) is 0 Å². The summed E-state index contributed by atoms with van der Waals surface area (Å²) < 4.78 is 6.94. The Morgan fingerprint density at radius 1 is 1.38 bits per heavy atom. The van der Waals surface area contributed by atoms with Gasteiger partial charge in [-0.2, -0.15) is 5.10 Å². The second kappa shape index (κ2) is 9.47. The smallest absolute Gasteiger partial charge is 0.277 e. The largest absolute Gasteiger partial charge is 0.444 e. The Hall–Kier alpha value is -3.28. The van der Waals surface area contributed by atoms with Gasteiger partial charge >= 0.3 is 0 Å². The van der Waals surface area contributed by atoms with E-state index in [0.717, 1.165) is 32.2 Å². The Morgan fingerprint density at radius 2 is 2.16 bits per heavy atom. The summed E-state index contributed by atoms with van der Waals surface area (Å²) in [5.41, 5.74) is 6.69. The Kier molecular flexibility index (Phi) is 6.49. The van der Waals surface area contributed by atoms with Crippen LogP contribution in [0.25, 0.3) is 11.5 Å². The lowest BCUT2D eigenvalue weighted by molar-refractivity contribution is 0.102. The first-order valence-corrected chi connectivity index (χ1v) is 10.5. The molecule has 11 heteroatoms. The van der Waals surface area contributed by atoms with Crippen molar-refractivity contribution < 1.29 is 19.4 Å². The third-order valence-corrected chi connectivity index (χ3v) is 5.52. The summed E-state index contributed by atoms with van der Waals surface area (Å²) in [4.78, 5) is 21.2. The molecule has 0 saturated heterocycles. The molecule has 0 radical (unpaired) electrons. The standard InChI is InChI=1S/C21H27N7O4/c1-28-10-15(18(27-28)19(22)30)25-20(31)16-11-32-21(26-16)13-6-7-23-17(8-13)24-9-12-2-4-14(29)5-3-12/h6-8,10-12,14,19,29-30H,2-5,9,22H2,1H3,(H,23,24)(H,25,31). The fourth-order valence-electron chi connectivity index (χ4n) is 3.78. The number of nitrogens with zero attached hydrogens (tertiary/aromatic N) is 4. The Bertz CT molecular complexity index is 1070. The van der Waals surface area contributed by atoms with Crippen LogP contribution in [0.4, 0.5) is 11.5 Å². The van der Waals surface area contributed by atoms with Crippen LogP contribution in [0.2, 0.25) is 0 Å². The van der Waals surface area contributed by atoms with Crippen molar-refractivity contribution in [3.8, 4) is 11.5 Å². The average molecular weight is 441 g/mol. The molecule has 4 rings (SSSR count). The first kappa shape index (κ1) is 21.9. The Balaban J connectivity index is 1.41. The van der Waals surface area contributed by atoms with Gasteiger partial charge in [-0.3, -0.25) is 9.48 Å². The zero-order chi connectivity index (χ0) is 22.7. The first-order valence-electron chi connectivity index (χ1n) is 10.5. The minimum Gasteiger partial charge on any atom is -0.444 e. The molecule has 3 aromatic heterocycles. The second-order valence-corrected chi connectivity index (χ2v) is 8.02. The number of pyridine rings is 1. The highest BCUT2D eigenvalue weighted by Crippen LogP contribution is 2.26. The predicted octanol–water partition coefficient (Wildman–Crippen LogP) is 1.63. The van der Waals surface area contributed by atoms with Crippen molar-refractivity contribution in [1.29, 1.82) is 0 Å². The van der Waals surface area contributed by atoms with E-state index in [-0.39, 0.29) is 23.4 Å². The maximum absolute atomic E-state index is 12.6. The van der Waals surface area contributed by atoms with Crippen LogP contribution in [0.5, 0.6) is 0 Å². The molecule has 32 heavy (non-hydrogen) atoms. The molecule has 1 aliphatic rings. The number of rotatable bonds is 7. The van der Waals surface area contributed by atoms with E-state index in [0.29, 0.717) is 23.0 Å². The number of carbonyl (C=O) groups is 1. The molecule has 0 spiro atoms. The maximum atomic E-state index is 12.6. The minimum atomic E-state index is -1.32. The molecule has 0 aliphatic heterocycles. The number of aliphatic hydroxyl groups is 2. The molecule has 0 aromatic carbocycles. The highest BCUT2D eigenvalue weighted by Gasteiger charge is 2.20. The number of nitrogens with one attached hydrogen (secondary N) is 2. The zero-order valence-corrected chi connectivity index (χ0v) is 17.7. The molecule has 3 aromatic rings. The van der Waals surface area contributed by atoms with Crippen molar-refractivity contribution in [2.75, 3.05) is 17.2 Å². The summed E-state index contributed by atoms with van der Waals surface area (Å²) in [5.74, 6) is 0.966. The summed E-state index contributed by atoms with van der Waals surface area (Å²) in [6.45, 7) is 0.781. The molecule has 1 unspecified atom stereocenters. The van der Waals surface area contributed by atoms with E-state index in [2.05, 4.69) is 25.7 Å². The Morgan fingerprint density at radius 3 is 2.91 bits per heavy atom. The van der Waals surface area contributed by atoms with Gasteiger partial charge in [0.05, 0.1) is 11.8 Å². The highest BCUT2D eigenvalue weighted by atomic mass is 16.3. The molecule has 1 fully saturated rings. The van der Waals surface area contributed by atoms with Gasteiger partial charge in [-0.05, 0) is 43.7 Å². The van der Waals surface area contributed by atoms with E-state index in [1.807, 2.05) is 6.07 Å². The molecule has 3 heterocycles. The molecule has 1 amide bonds. The normalized spacial score (nSPS) is 19.5. The van der Waals surface area contributed by atoms with Crippen molar-refractivity contribution in [2.24, 2.45) is 18.7 Å². The van der Waals surface area contributed by atoms with E-state index in [9.17, 15) is 15.0 Å². The lowest BCUT2D eigenvalue weighted by Gasteiger charge is -2.25. The summed E-state index contributed by atoms with van der Waals surface area (Å²) >= 11 is 0. The molecule has 1 atom stereocenters. The summed E-state index contributed by atoms with van der Waals surface area (Å²) in [5, 5.41) is 29.3. The Labute approximate surface area is 184 Å². The van der Waals surface area contributed by atoms with E-state index in [1.165, 1.54) is 17.1 Å². The number of oxazole rings is 1. The van der Waals surface area contributed by atoms with Gasteiger partial charge in [-0.25, -0.2) is 9.97 Å². The lowest BCUT2D eigenvalue weighted by atomic mass is 9.87. The van der Waals surface area contributed by atoms with Crippen molar-refractivity contribution in [2.45, 2.75) is 38.0 Å². The fraction of sp³-hybridized carbons (Fsp3) is 0.429. The first-order chi connectivity index (χ1) is 15.4. The highest BCUT2D eigenvalue weighted by molar-refractivity contribution is 6.03. The van der Waals surface area contributed by atoms with Crippen LogP contribution in [0, 0.1) is 5.92 Å². The van der Waals surface area contributed by atoms with E-state index < -0.39 is 12.1 Å². The number of aryl methyl sites for hydroxylation is 1. The van der Waals surface area contributed by atoms with Crippen molar-refractivity contribution in [1.82, 2.24) is 19.7 Å². The molecule has 11 nitrogen and oxygen atoms in total. The van der Waals surface area contributed by atoms with Crippen LogP contribution in [-0.4, -0.2) is 48.5 Å². The zero-order valence-electron chi connectivity index (χ0n) is 17.7. The van der Waals surface area contributed by atoms with Gasteiger partial charge in [0.15, 0.2) is 5.69 Å². The van der Waals surface area contributed by atoms with E-state index >= 15 is 0 Å². The maximum Gasteiger partial charge on any atom is 0.277 e. The van der Waals surface area contributed by atoms with Gasteiger partial charge in [-0.15, -0.1) is 0 Å². The molecule has 1 aliphatic carbocycles. The number of carbonyl (C=O) groups excluding carboxylic acids is 1. The van der Waals surface area contributed by atoms with Crippen molar-refractivity contribution >= 4 is 17.4 Å². The van der Waals surface area contributed by atoms with Gasteiger partial charge in [0.1, 0.15) is 24.0 Å². The molecule has 1 saturated carbocycles. The SMILES string of the molecule is Cn1cc(NC(=O)c2coc(-c3ccnc(NCC4CCC(O)CC4)c3)n2)c(C(N)O)n1. The van der Waals surface area contributed by atoms with Gasteiger partial charge in [-0.1, -0.05) is 0 Å². The van der Waals surface area contributed by atoms with Crippen LogP contribution < -0.4 is 16.4 Å². The van der Waals surface area contributed by atoms with E-state index in [1.54, 1.807) is 19.3 Å². The second-order valence-electron chi connectivity index (χ2n) is 8.02. The number of hydrogen-bond donors (Lipinski definition) is 5. The number of aliphatic hydroxyl groups excluding tert-OH is 2.